The van der Waals surface area contributed by atoms with Crippen molar-refractivity contribution in [3.05, 3.63) is 34.6 Å². The monoisotopic (exact) mass is 249 g/mol. The molecule has 0 N–H and O–H groups in total. The molecule has 84 valence electrons. The largest absolute Gasteiger partial charge is 0.298 e. The van der Waals surface area contributed by atoms with Crippen molar-refractivity contribution >= 4 is 23.2 Å². The lowest BCUT2D eigenvalue weighted by Crippen LogP contribution is -2.30. The number of nitrogens with zero attached hydrogens (tertiary/aromatic N) is 1. The molecule has 0 radical (unpaired) electrons. The number of rotatable bonds is 4. The van der Waals surface area contributed by atoms with Crippen molar-refractivity contribution in [3.63, 3.8) is 0 Å². The van der Waals surface area contributed by atoms with Gasteiger partial charge in [0.05, 0.1) is 0 Å². The van der Waals surface area contributed by atoms with Crippen LogP contribution < -0.4 is 0 Å². The van der Waals surface area contributed by atoms with Crippen LogP contribution in [0.5, 0.6) is 0 Å². The average Bonchev–Trinajstić information content (AvgIpc) is 2.20. The zero-order chi connectivity index (χ0) is 11.4. The van der Waals surface area contributed by atoms with Crippen molar-refractivity contribution in [1.82, 2.24) is 4.90 Å². The van der Waals surface area contributed by atoms with Crippen LogP contribution in [0.15, 0.2) is 18.2 Å². The van der Waals surface area contributed by atoms with Crippen molar-refractivity contribution < 1.29 is 4.39 Å². The topological polar surface area (TPSA) is 3.24 Å². The fourth-order valence-electron chi connectivity index (χ4n) is 1.19. The number of hydrogen-bond acceptors (Lipinski definition) is 1. The minimum atomic E-state index is -0.267. The minimum absolute atomic E-state index is 0.224. The Hall–Kier alpha value is -0.310. The van der Waals surface area contributed by atoms with Gasteiger partial charge in [-0.15, -0.1) is 11.6 Å². The van der Waals surface area contributed by atoms with Crippen LogP contribution in [-0.2, 0) is 6.54 Å². The van der Waals surface area contributed by atoms with Gasteiger partial charge >= 0.3 is 0 Å². The van der Waals surface area contributed by atoms with Crippen LogP contribution in [0.25, 0.3) is 0 Å². The zero-order valence-corrected chi connectivity index (χ0v) is 10.3. The van der Waals surface area contributed by atoms with Gasteiger partial charge in [0.1, 0.15) is 5.82 Å². The molecule has 0 saturated carbocycles. The number of benzene rings is 1. The molecule has 0 aromatic heterocycles. The van der Waals surface area contributed by atoms with Gasteiger partial charge in [-0.1, -0.05) is 17.7 Å². The Kier molecular flexibility index (Phi) is 4.84. The molecule has 1 atom stereocenters. The molecule has 1 aromatic rings. The molecule has 1 nitrogen and oxygen atoms in total. The fraction of sp³-hybridized carbons (Fsp3) is 0.455. The van der Waals surface area contributed by atoms with E-state index in [1.165, 1.54) is 6.07 Å². The second kappa shape index (κ2) is 5.69. The highest BCUT2D eigenvalue weighted by Crippen LogP contribution is 2.16. The second-order valence-corrected chi connectivity index (χ2v) is 4.40. The minimum Gasteiger partial charge on any atom is -0.298 e. The maximum absolute atomic E-state index is 13.4. The maximum Gasteiger partial charge on any atom is 0.129 e. The van der Waals surface area contributed by atoms with Gasteiger partial charge in [0, 0.05) is 29.1 Å². The Morgan fingerprint density at radius 1 is 1.47 bits per heavy atom. The van der Waals surface area contributed by atoms with Crippen molar-refractivity contribution in [2.75, 3.05) is 12.9 Å². The van der Waals surface area contributed by atoms with Gasteiger partial charge in [-0.25, -0.2) is 4.39 Å². The average molecular weight is 250 g/mol. The molecule has 15 heavy (non-hydrogen) atoms. The molecule has 0 saturated heterocycles. The highest BCUT2D eigenvalue weighted by molar-refractivity contribution is 6.30. The SMILES string of the molecule is CC(CCl)N(C)Cc1ccc(Cl)cc1F. The van der Waals surface area contributed by atoms with E-state index in [2.05, 4.69) is 0 Å². The lowest BCUT2D eigenvalue weighted by Gasteiger charge is -2.22. The van der Waals surface area contributed by atoms with E-state index < -0.39 is 0 Å². The fourth-order valence-corrected chi connectivity index (χ4v) is 1.59. The lowest BCUT2D eigenvalue weighted by atomic mass is 10.2. The third kappa shape index (κ3) is 3.63. The lowest BCUT2D eigenvalue weighted by molar-refractivity contribution is 0.264. The van der Waals surface area contributed by atoms with Gasteiger partial charge < -0.3 is 0 Å². The van der Waals surface area contributed by atoms with Crippen molar-refractivity contribution in [3.8, 4) is 0 Å². The summed E-state index contributed by atoms with van der Waals surface area (Å²) in [5, 5.41) is 0.421. The van der Waals surface area contributed by atoms with Gasteiger partial charge in [-0.3, -0.25) is 4.90 Å². The summed E-state index contributed by atoms with van der Waals surface area (Å²) in [6.45, 7) is 2.54. The summed E-state index contributed by atoms with van der Waals surface area (Å²) in [5.74, 6) is 0.266. The molecular weight excluding hydrogens is 236 g/mol. The summed E-state index contributed by atoms with van der Waals surface area (Å²) in [6.07, 6.45) is 0. The summed E-state index contributed by atoms with van der Waals surface area (Å²) >= 11 is 11.4. The van der Waals surface area contributed by atoms with Crippen molar-refractivity contribution in [1.29, 1.82) is 0 Å². The summed E-state index contributed by atoms with van der Waals surface area (Å²) in [4.78, 5) is 2.00. The molecule has 0 spiro atoms. The van der Waals surface area contributed by atoms with E-state index in [9.17, 15) is 4.39 Å². The smallest absolute Gasteiger partial charge is 0.129 e. The molecular formula is C11H14Cl2FN. The summed E-state index contributed by atoms with van der Waals surface area (Å²) < 4.78 is 13.4. The Balaban J connectivity index is 2.72. The molecule has 0 aliphatic heterocycles. The third-order valence-corrected chi connectivity index (χ3v) is 3.09. The molecule has 0 aliphatic rings. The molecule has 0 bridgehead atoms. The van der Waals surface area contributed by atoms with E-state index in [0.717, 1.165) is 0 Å². The van der Waals surface area contributed by atoms with Gasteiger partial charge in [-0.05, 0) is 26.1 Å². The van der Waals surface area contributed by atoms with Crippen LogP contribution in [0.3, 0.4) is 0 Å². The predicted molar refractivity (Wildman–Crippen MR) is 63.1 cm³/mol. The van der Waals surface area contributed by atoms with Crippen molar-refractivity contribution in [2.45, 2.75) is 19.5 Å². The van der Waals surface area contributed by atoms with E-state index in [0.29, 0.717) is 23.0 Å². The van der Waals surface area contributed by atoms with Crippen LogP contribution in [0, 0.1) is 5.82 Å². The molecule has 0 aliphatic carbocycles. The zero-order valence-electron chi connectivity index (χ0n) is 8.80. The summed E-state index contributed by atoms with van der Waals surface area (Å²) in [7, 11) is 1.92. The van der Waals surface area contributed by atoms with E-state index in [-0.39, 0.29) is 11.9 Å². The first-order valence-electron chi connectivity index (χ1n) is 4.74. The van der Waals surface area contributed by atoms with Crippen molar-refractivity contribution in [2.24, 2.45) is 0 Å². The number of hydrogen-bond donors (Lipinski definition) is 0. The molecule has 1 aromatic carbocycles. The van der Waals surface area contributed by atoms with Gasteiger partial charge in [0.2, 0.25) is 0 Å². The van der Waals surface area contributed by atoms with Gasteiger partial charge in [0.25, 0.3) is 0 Å². The first-order chi connectivity index (χ1) is 7.04. The quantitative estimate of drug-likeness (QED) is 0.739. The van der Waals surface area contributed by atoms with E-state index in [1.54, 1.807) is 12.1 Å². The summed E-state index contributed by atoms with van der Waals surface area (Å²) in [5.41, 5.74) is 0.638. The van der Waals surface area contributed by atoms with E-state index in [1.807, 2.05) is 18.9 Å². The molecule has 1 rings (SSSR count). The molecule has 1 unspecified atom stereocenters. The molecule has 0 amide bonds. The standard InChI is InChI=1S/C11H14Cl2FN/c1-8(6-12)15(2)7-9-3-4-10(13)5-11(9)14/h3-5,8H,6-7H2,1-2H3. The van der Waals surface area contributed by atoms with Crippen LogP contribution in [0.4, 0.5) is 4.39 Å². The maximum atomic E-state index is 13.4. The Bertz CT molecular complexity index is 330. The highest BCUT2D eigenvalue weighted by Gasteiger charge is 2.10. The number of halogens is 3. The summed E-state index contributed by atoms with van der Waals surface area (Å²) in [6, 6.07) is 4.95. The van der Waals surface area contributed by atoms with E-state index >= 15 is 0 Å². The van der Waals surface area contributed by atoms with E-state index in [4.69, 9.17) is 23.2 Å². The van der Waals surface area contributed by atoms with Crippen LogP contribution in [0.2, 0.25) is 5.02 Å². The molecule has 4 heteroatoms. The van der Waals surface area contributed by atoms with Crippen LogP contribution in [-0.4, -0.2) is 23.9 Å². The number of alkyl halides is 1. The molecule has 0 fully saturated rings. The Labute approximate surface area is 99.8 Å². The first kappa shape index (κ1) is 12.8. The molecule has 0 heterocycles. The van der Waals surface area contributed by atoms with Gasteiger partial charge in [0.15, 0.2) is 0 Å². The predicted octanol–water partition coefficient (Wildman–Crippen LogP) is 3.54. The van der Waals surface area contributed by atoms with Crippen LogP contribution >= 0.6 is 23.2 Å². The second-order valence-electron chi connectivity index (χ2n) is 3.65. The third-order valence-electron chi connectivity index (χ3n) is 2.41. The van der Waals surface area contributed by atoms with Crippen LogP contribution in [0.1, 0.15) is 12.5 Å². The van der Waals surface area contributed by atoms with Gasteiger partial charge in [-0.2, -0.15) is 0 Å². The Morgan fingerprint density at radius 2 is 2.13 bits per heavy atom. The first-order valence-corrected chi connectivity index (χ1v) is 5.66. The normalized spacial score (nSPS) is 13.2. The Morgan fingerprint density at radius 3 is 2.67 bits per heavy atom. The highest BCUT2D eigenvalue weighted by atomic mass is 35.5.